The van der Waals surface area contributed by atoms with Crippen molar-refractivity contribution in [3.8, 4) is 5.75 Å². The van der Waals surface area contributed by atoms with Crippen LogP contribution in [0.3, 0.4) is 0 Å². The Labute approximate surface area is 128 Å². The molecule has 3 aromatic rings. The molecule has 1 atom stereocenters. The number of benzene rings is 2. The number of nitrogens with one attached hydrogen (secondary N) is 2. The minimum absolute atomic E-state index is 0.181. The molecule has 0 aliphatic heterocycles. The highest BCUT2D eigenvalue weighted by molar-refractivity contribution is 6.04. The van der Waals surface area contributed by atoms with Crippen molar-refractivity contribution in [1.29, 1.82) is 0 Å². The van der Waals surface area contributed by atoms with Gasteiger partial charge in [-0.15, -0.1) is 0 Å². The van der Waals surface area contributed by atoms with Gasteiger partial charge in [-0.1, -0.05) is 36.4 Å². The number of carbonyl (C=O) groups excluding carboxylic acids is 1. The fourth-order valence-corrected chi connectivity index (χ4v) is 2.50. The number of hydrogen-bond acceptors (Lipinski definition) is 3. The molecule has 2 aromatic carbocycles. The van der Waals surface area contributed by atoms with Gasteiger partial charge in [0, 0.05) is 10.9 Å². The number of rotatable bonds is 4. The van der Waals surface area contributed by atoms with Gasteiger partial charge in [0.05, 0.1) is 18.7 Å². The summed E-state index contributed by atoms with van der Waals surface area (Å²) < 4.78 is 5.34. The van der Waals surface area contributed by atoms with Crippen molar-refractivity contribution in [1.82, 2.24) is 15.5 Å². The Morgan fingerprint density at radius 1 is 1.18 bits per heavy atom. The summed E-state index contributed by atoms with van der Waals surface area (Å²) in [6.07, 6.45) is 0. The van der Waals surface area contributed by atoms with Crippen LogP contribution < -0.4 is 10.1 Å². The molecule has 1 amide bonds. The van der Waals surface area contributed by atoms with Crippen LogP contribution in [-0.4, -0.2) is 23.2 Å². The van der Waals surface area contributed by atoms with Gasteiger partial charge >= 0.3 is 0 Å². The molecular weight excluding hydrogens is 278 g/mol. The van der Waals surface area contributed by atoms with Crippen molar-refractivity contribution in [2.45, 2.75) is 13.0 Å². The number of ether oxygens (including phenoxy) is 1. The number of para-hydroxylation sites is 2. The van der Waals surface area contributed by atoms with Crippen molar-refractivity contribution in [3.63, 3.8) is 0 Å². The first-order chi connectivity index (χ1) is 10.7. The fraction of sp³-hybridized carbons (Fsp3) is 0.176. The van der Waals surface area contributed by atoms with E-state index in [2.05, 4.69) is 15.5 Å². The Morgan fingerprint density at radius 2 is 1.91 bits per heavy atom. The van der Waals surface area contributed by atoms with E-state index in [4.69, 9.17) is 4.74 Å². The number of amides is 1. The first kappa shape index (κ1) is 14.1. The van der Waals surface area contributed by atoms with Gasteiger partial charge in [0.25, 0.3) is 5.91 Å². The van der Waals surface area contributed by atoms with Crippen molar-refractivity contribution in [2.24, 2.45) is 0 Å². The summed E-state index contributed by atoms with van der Waals surface area (Å²) in [5, 5.41) is 10.8. The summed E-state index contributed by atoms with van der Waals surface area (Å²) in [4.78, 5) is 12.5. The highest BCUT2D eigenvalue weighted by Crippen LogP contribution is 2.25. The van der Waals surface area contributed by atoms with E-state index < -0.39 is 0 Å². The van der Waals surface area contributed by atoms with Crippen LogP contribution in [-0.2, 0) is 0 Å². The summed E-state index contributed by atoms with van der Waals surface area (Å²) in [6.45, 7) is 1.92. The quantitative estimate of drug-likeness (QED) is 0.777. The van der Waals surface area contributed by atoms with E-state index >= 15 is 0 Å². The molecule has 0 aliphatic carbocycles. The third kappa shape index (κ3) is 2.53. The number of nitrogens with zero attached hydrogens (tertiary/aromatic N) is 1. The van der Waals surface area contributed by atoms with Crippen LogP contribution in [0.2, 0.25) is 0 Å². The molecule has 0 aliphatic rings. The van der Waals surface area contributed by atoms with Gasteiger partial charge < -0.3 is 10.1 Å². The largest absolute Gasteiger partial charge is 0.496 e. The molecule has 0 unspecified atom stereocenters. The average molecular weight is 295 g/mol. The SMILES string of the molecule is COc1ccccc1[C@H](C)NC(=O)c1n[nH]c2ccccc12. The van der Waals surface area contributed by atoms with Crippen molar-refractivity contribution >= 4 is 16.8 Å². The van der Waals surface area contributed by atoms with Crippen molar-refractivity contribution < 1.29 is 9.53 Å². The van der Waals surface area contributed by atoms with Crippen LogP contribution in [0.1, 0.15) is 29.0 Å². The Balaban J connectivity index is 1.85. The second-order valence-corrected chi connectivity index (χ2v) is 5.05. The number of fused-ring (bicyclic) bond motifs is 1. The Hall–Kier alpha value is -2.82. The van der Waals surface area contributed by atoms with E-state index in [1.165, 1.54) is 0 Å². The third-order valence-electron chi connectivity index (χ3n) is 3.64. The van der Waals surface area contributed by atoms with Gasteiger partial charge in [-0.25, -0.2) is 0 Å². The van der Waals surface area contributed by atoms with Crippen LogP contribution in [0.5, 0.6) is 5.75 Å². The zero-order chi connectivity index (χ0) is 15.5. The molecule has 1 aromatic heterocycles. The maximum atomic E-state index is 12.5. The van der Waals surface area contributed by atoms with E-state index in [-0.39, 0.29) is 11.9 Å². The van der Waals surface area contributed by atoms with E-state index in [1.807, 2.05) is 55.5 Å². The number of H-pyrrole nitrogens is 1. The highest BCUT2D eigenvalue weighted by atomic mass is 16.5. The van der Waals surface area contributed by atoms with Gasteiger partial charge in [0.2, 0.25) is 0 Å². The summed E-state index contributed by atoms with van der Waals surface area (Å²) in [6, 6.07) is 15.0. The van der Waals surface area contributed by atoms with Gasteiger partial charge in [0.1, 0.15) is 5.75 Å². The van der Waals surface area contributed by atoms with Crippen LogP contribution >= 0.6 is 0 Å². The van der Waals surface area contributed by atoms with Crippen LogP contribution in [0, 0.1) is 0 Å². The van der Waals surface area contributed by atoms with E-state index in [0.717, 1.165) is 22.2 Å². The first-order valence-electron chi connectivity index (χ1n) is 7.07. The minimum Gasteiger partial charge on any atom is -0.496 e. The fourth-order valence-electron chi connectivity index (χ4n) is 2.50. The molecule has 5 heteroatoms. The smallest absolute Gasteiger partial charge is 0.272 e. The molecule has 5 nitrogen and oxygen atoms in total. The summed E-state index contributed by atoms with van der Waals surface area (Å²) in [7, 11) is 1.62. The van der Waals surface area contributed by atoms with E-state index in [9.17, 15) is 4.79 Å². The summed E-state index contributed by atoms with van der Waals surface area (Å²) >= 11 is 0. The second kappa shape index (κ2) is 5.89. The van der Waals surface area contributed by atoms with Gasteiger partial charge in [-0.3, -0.25) is 9.89 Å². The average Bonchev–Trinajstić information content (AvgIpc) is 2.98. The topological polar surface area (TPSA) is 67.0 Å². The third-order valence-corrected chi connectivity index (χ3v) is 3.64. The first-order valence-corrected chi connectivity index (χ1v) is 7.07. The molecular formula is C17H17N3O2. The number of aromatic amines is 1. The lowest BCUT2D eigenvalue weighted by Gasteiger charge is -2.16. The maximum Gasteiger partial charge on any atom is 0.272 e. The molecule has 3 rings (SSSR count). The Kier molecular flexibility index (Phi) is 3.78. The minimum atomic E-state index is -0.212. The predicted octanol–water partition coefficient (Wildman–Crippen LogP) is 3.06. The zero-order valence-electron chi connectivity index (χ0n) is 12.5. The molecule has 0 spiro atoms. The Bertz CT molecular complexity index is 810. The van der Waals surface area contributed by atoms with E-state index in [0.29, 0.717) is 5.69 Å². The molecule has 22 heavy (non-hydrogen) atoms. The lowest BCUT2D eigenvalue weighted by atomic mass is 10.1. The molecule has 0 saturated heterocycles. The van der Waals surface area contributed by atoms with Gasteiger partial charge in [-0.2, -0.15) is 5.10 Å². The van der Waals surface area contributed by atoms with Crippen LogP contribution in [0.25, 0.3) is 10.9 Å². The monoisotopic (exact) mass is 295 g/mol. The molecule has 0 bridgehead atoms. The van der Waals surface area contributed by atoms with Crippen LogP contribution in [0.15, 0.2) is 48.5 Å². The number of carbonyl (C=O) groups is 1. The molecule has 112 valence electrons. The van der Waals surface area contributed by atoms with Gasteiger partial charge in [-0.05, 0) is 19.1 Å². The number of aromatic nitrogens is 2. The normalized spacial score (nSPS) is 12.1. The number of methoxy groups -OCH3 is 1. The lowest BCUT2D eigenvalue weighted by molar-refractivity contribution is 0.0936. The molecule has 0 radical (unpaired) electrons. The maximum absolute atomic E-state index is 12.5. The highest BCUT2D eigenvalue weighted by Gasteiger charge is 2.18. The zero-order valence-corrected chi connectivity index (χ0v) is 12.5. The van der Waals surface area contributed by atoms with Crippen molar-refractivity contribution in [3.05, 3.63) is 59.8 Å². The molecule has 1 heterocycles. The molecule has 0 saturated carbocycles. The standard InChI is InChI=1S/C17H17N3O2/c1-11(12-7-4-6-10-15(12)22-2)18-17(21)16-13-8-3-5-9-14(13)19-20-16/h3-11H,1-2H3,(H,18,21)(H,19,20)/t11-/m0/s1. The van der Waals surface area contributed by atoms with Crippen LogP contribution in [0.4, 0.5) is 0 Å². The molecule has 2 N–H and O–H groups in total. The Morgan fingerprint density at radius 3 is 2.73 bits per heavy atom. The molecule has 0 fully saturated rings. The second-order valence-electron chi connectivity index (χ2n) is 5.05. The summed E-state index contributed by atoms with van der Waals surface area (Å²) in [5.41, 5.74) is 2.17. The van der Waals surface area contributed by atoms with Gasteiger partial charge in [0.15, 0.2) is 5.69 Å². The predicted molar refractivity (Wildman–Crippen MR) is 85.0 cm³/mol. The number of hydrogen-bond donors (Lipinski definition) is 2. The lowest BCUT2D eigenvalue weighted by Crippen LogP contribution is -2.27. The summed E-state index contributed by atoms with van der Waals surface area (Å²) in [5.74, 6) is 0.540. The van der Waals surface area contributed by atoms with Crippen molar-refractivity contribution in [2.75, 3.05) is 7.11 Å². The van der Waals surface area contributed by atoms with E-state index in [1.54, 1.807) is 7.11 Å².